The Bertz CT molecular complexity index is 416. The van der Waals surface area contributed by atoms with Crippen LogP contribution in [0.15, 0.2) is 30.3 Å². The molecule has 0 bridgehead atoms. The van der Waals surface area contributed by atoms with Crippen LogP contribution >= 0.6 is 0 Å². The van der Waals surface area contributed by atoms with Crippen LogP contribution in [0.1, 0.15) is 26.3 Å². The van der Waals surface area contributed by atoms with Crippen molar-refractivity contribution in [3.63, 3.8) is 0 Å². The standard InChI is InChI=1S/C16H24N2O/c1-11(2)16(17-10-14-12(3)18-14)15(19)9-13-7-5-4-6-8-13/h4-8,11-12,14,16-18H,9-10H2,1-3H3/t12-,14-,16-/m0/s1. The van der Waals surface area contributed by atoms with E-state index < -0.39 is 0 Å². The highest BCUT2D eigenvalue weighted by Gasteiger charge is 2.32. The summed E-state index contributed by atoms with van der Waals surface area (Å²) in [5.41, 5.74) is 1.10. The van der Waals surface area contributed by atoms with Crippen molar-refractivity contribution in [2.45, 2.75) is 45.3 Å². The summed E-state index contributed by atoms with van der Waals surface area (Å²) in [4.78, 5) is 12.4. The molecule has 0 amide bonds. The molecule has 104 valence electrons. The van der Waals surface area contributed by atoms with Gasteiger partial charge in [0, 0.05) is 25.0 Å². The van der Waals surface area contributed by atoms with Crippen molar-refractivity contribution in [1.29, 1.82) is 0 Å². The van der Waals surface area contributed by atoms with Gasteiger partial charge in [-0.1, -0.05) is 44.2 Å². The van der Waals surface area contributed by atoms with Gasteiger partial charge in [0.1, 0.15) is 0 Å². The van der Waals surface area contributed by atoms with Crippen molar-refractivity contribution in [2.24, 2.45) is 5.92 Å². The van der Waals surface area contributed by atoms with Crippen LogP contribution in [-0.4, -0.2) is 30.5 Å². The van der Waals surface area contributed by atoms with Gasteiger partial charge in [0.05, 0.1) is 6.04 Å². The number of Topliss-reactive ketones (excluding diaryl/α,β-unsaturated/α-hetero) is 1. The molecule has 0 radical (unpaired) electrons. The molecule has 2 rings (SSSR count). The van der Waals surface area contributed by atoms with Crippen molar-refractivity contribution < 1.29 is 4.79 Å². The first-order valence-corrected chi connectivity index (χ1v) is 7.14. The fraction of sp³-hybridized carbons (Fsp3) is 0.562. The van der Waals surface area contributed by atoms with E-state index in [9.17, 15) is 4.79 Å². The molecule has 2 N–H and O–H groups in total. The van der Waals surface area contributed by atoms with E-state index in [1.54, 1.807) is 0 Å². The van der Waals surface area contributed by atoms with Crippen LogP contribution in [0.2, 0.25) is 0 Å². The molecule has 1 aliphatic heterocycles. The van der Waals surface area contributed by atoms with Gasteiger partial charge in [-0.25, -0.2) is 0 Å². The van der Waals surface area contributed by atoms with Crippen LogP contribution < -0.4 is 10.6 Å². The van der Waals surface area contributed by atoms with E-state index in [1.165, 1.54) is 0 Å². The Morgan fingerprint density at radius 3 is 2.47 bits per heavy atom. The van der Waals surface area contributed by atoms with Crippen molar-refractivity contribution in [3.05, 3.63) is 35.9 Å². The van der Waals surface area contributed by atoms with Gasteiger partial charge < -0.3 is 10.6 Å². The summed E-state index contributed by atoms with van der Waals surface area (Å²) in [6, 6.07) is 11.0. The average molecular weight is 260 g/mol. The number of rotatable bonds is 7. The number of hydrogen-bond acceptors (Lipinski definition) is 3. The van der Waals surface area contributed by atoms with Crippen molar-refractivity contribution in [3.8, 4) is 0 Å². The summed E-state index contributed by atoms with van der Waals surface area (Å²) in [5.74, 6) is 0.611. The van der Waals surface area contributed by atoms with Gasteiger partial charge in [-0.15, -0.1) is 0 Å². The van der Waals surface area contributed by atoms with Gasteiger partial charge in [-0.2, -0.15) is 0 Å². The molecule has 3 atom stereocenters. The third-order valence-electron chi connectivity index (χ3n) is 3.76. The Kier molecular flexibility index (Phi) is 4.72. The molecule has 19 heavy (non-hydrogen) atoms. The molecular weight excluding hydrogens is 236 g/mol. The molecule has 3 heteroatoms. The Labute approximate surface area is 115 Å². The van der Waals surface area contributed by atoms with Crippen LogP contribution in [-0.2, 0) is 11.2 Å². The molecule has 1 heterocycles. The summed E-state index contributed by atoms with van der Waals surface area (Å²) < 4.78 is 0. The highest BCUT2D eigenvalue weighted by Crippen LogP contribution is 2.12. The molecule has 3 nitrogen and oxygen atoms in total. The third-order valence-corrected chi connectivity index (χ3v) is 3.76. The fourth-order valence-corrected chi connectivity index (χ4v) is 2.40. The van der Waals surface area contributed by atoms with Gasteiger partial charge in [-0.05, 0) is 18.4 Å². The molecule has 0 spiro atoms. The second kappa shape index (κ2) is 6.31. The topological polar surface area (TPSA) is 51.0 Å². The minimum absolute atomic E-state index is 0.0465. The van der Waals surface area contributed by atoms with Gasteiger partial charge in [0.2, 0.25) is 0 Å². The zero-order valence-corrected chi connectivity index (χ0v) is 12.0. The number of hydrogen-bond donors (Lipinski definition) is 2. The summed E-state index contributed by atoms with van der Waals surface area (Å²) in [6.07, 6.45) is 0.518. The monoisotopic (exact) mass is 260 g/mol. The van der Waals surface area contributed by atoms with Crippen molar-refractivity contribution >= 4 is 5.78 Å². The van der Waals surface area contributed by atoms with E-state index >= 15 is 0 Å². The second-order valence-corrected chi connectivity index (χ2v) is 5.82. The fourth-order valence-electron chi connectivity index (χ4n) is 2.40. The number of ketones is 1. The zero-order valence-electron chi connectivity index (χ0n) is 12.0. The van der Waals surface area contributed by atoms with Crippen LogP contribution in [0.5, 0.6) is 0 Å². The lowest BCUT2D eigenvalue weighted by molar-refractivity contribution is -0.121. The summed E-state index contributed by atoms with van der Waals surface area (Å²) in [6.45, 7) is 7.25. The van der Waals surface area contributed by atoms with Crippen LogP contribution in [0.25, 0.3) is 0 Å². The molecule has 1 aromatic carbocycles. The minimum atomic E-state index is -0.0465. The highest BCUT2D eigenvalue weighted by atomic mass is 16.1. The average Bonchev–Trinajstić information content (AvgIpc) is 3.06. The van der Waals surface area contributed by atoms with Gasteiger partial charge in [-0.3, -0.25) is 4.79 Å². The maximum Gasteiger partial charge on any atom is 0.154 e. The number of carbonyl (C=O) groups excluding carboxylic acids is 1. The molecule has 0 aromatic heterocycles. The van der Waals surface area contributed by atoms with E-state index in [0.717, 1.165) is 12.1 Å². The predicted octanol–water partition coefficient (Wildman–Crippen LogP) is 1.77. The summed E-state index contributed by atoms with van der Waals surface area (Å²) in [5, 5.41) is 6.76. The van der Waals surface area contributed by atoms with Crippen molar-refractivity contribution in [1.82, 2.24) is 10.6 Å². The molecular formula is C16H24N2O. The number of nitrogens with one attached hydrogen (secondary N) is 2. The van der Waals surface area contributed by atoms with Crippen LogP contribution in [0.3, 0.4) is 0 Å². The third kappa shape index (κ3) is 4.15. The van der Waals surface area contributed by atoms with Crippen molar-refractivity contribution in [2.75, 3.05) is 6.54 Å². The Morgan fingerprint density at radius 1 is 1.32 bits per heavy atom. The van der Waals surface area contributed by atoms with E-state index in [4.69, 9.17) is 0 Å². The maximum atomic E-state index is 12.4. The molecule has 1 saturated heterocycles. The zero-order chi connectivity index (χ0) is 13.8. The quantitative estimate of drug-likeness (QED) is 0.735. The molecule has 1 aromatic rings. The Hall–Kier alpha value is -1.19. The van der Waals surface area contributed by atoms with E-state index in [1.807, 2.05) is 30.3 Å². The van der Waals surface area contributed by atoms with Gasteiger partial charge in [0.15, 0.2) is 5.78 Å². The molecule has 1 fully saturated rings. The Balaban J connectivity index is 1.88. The maximum absolute atomic E-state index is 12.4. The van der Waals surface area contributed by atoms with E-state index in [0.29, 0.717) is 24.4 Å². The van der Waals surface area contributed by atoms with Crippen LogP contribution in [0, 0.1) is 5.92 Å². The smallest absolute Gasteiger partial charge is 0.154 e. The number of carbonyl (C=O) groups is 1. The summed E-state index contributed by atoms with van der Waals surface area (Å²) >= 11 is 0. The van der Waals surface area contributed by atoms with E-state index in [2.05, 4.69) is 31.4 Å². The molecule has 1 aliphatic rings. The minimum Gasteiger partial charge on any atom is -0.307 e. The molecule has 0 unspecified atom stereocenters. The van der Waals surface area contributed by atoms with E-state index in [-0.39, 0.29) is 11.8 Å². The van der Waals surface area contributed by atoms with Gasteiger partial charge in [0.25, 0.3) is 0 Å². The largest absolute Gasteiger partial charge is 0.307 e. The summed E-state index contributed by atoms with van der Waals surface area (Å²) in [7, 11) is 0. The first-order valence-electron chi connectivity index (χ1n) is 7.14. The highest BCUT2D eigenvalue weighted by molar-refractivity contribution is 5.86. The Morgan fingerprint density at radius 2 is 1.95 bits per heavy atom. The normalized spacial score (nSPS) is 23.4. The first kappa shape index (κ1) is 14.2. The molecule has 0 aliphatic carbocycles. The van der Waals surface area contributed by atoms with Gasteiger partial charge >= 0.3 is 0 Å². The lowest BCUT2D eigenvalue weighted by Crippen LogP contribution is -2.43. The van der Waals surface area contributed by atoms with Crippen LogP contribution in [0.4, 0.5) is 0 Å². The molecule has 0 saturated carbocycles. The lowest BCUT2D eigenvalue weighted by atomic mass is 9.95. The number of benzene rings is 1. The first-order chi connectivity index (χ1) is 9.08. The second-order valence-electron chi connectivity index (χ2n) is 5.82. The lowest BCUT2D eigenvalue weighted by Gasteiger charge is -2.21. The predicted molar refractivity (Wildman–Crippen MR) is 78.2 cm³/mol. The SMILES string of the molecule is CC(C)[C@H](NC[C@@H]1N[C@H]1C)C(=O)Cc1ccccc1.